The summed E-state index contributed by atoms with van der Waals surface area (Å²) in [5.74, 6) is -17.5. The number of unbranched alkanes of at least 4 members (excludes halogenated alkanes) is 4. The highest BCUT2D eigenvalue weighted by molar-refractivity contribution is 5.76. The van der Waals surface area contributed by atoms with Crippen molar-refractivity contribution in [2.45, 2.75) is 97.1 Å². The van der Waals surface area contributed by atoms with Crippen LogP contribution in [0.15, 0.2) is 6.07 Å². The van der Waals surface area contributed by atoms with E-state index in [1.54, 1.807) is 0 Å². The quantitative estimate of drug-likeness (QED) is 0.0824. The van der Waals surface area contributed by atoms with E-state index in [9.17, 15) is 39.9 Å². The summed E-state index contributed by atoms with van der Waals surface area (Å²) in [6.07, 6.45) is 6.73. The molecule has 1 unspecified atom stereocenters. The summed E-state index contributed by atoms with van der Waals surface area (Å²) >= 11 is 0. The summed E-state index contributed by atoms with van der Waals surface area (Å²) in [5, 5.41) is 0. The molecular formula is C30H34F8O2. The van der Waals surface area contributed by atoms with Crippen LogP contribution in [0.25, 0.3) is 11.1 Å². The molecule has 1 saturated carbocycles. The fraction of sp³-hybridized carbons (Fsp3) is 0.567. The maximum absolute atomic E-state index is 14.9. The Balaban J connectivity index is 1.77. The molecule has 3 rings (SSSR count). The number of ether oxygens (including phenoxy) is 1. The van der Waals surface area contributed by atoms with E-state index in [0.717, 1.165) is 32.6 Å². The Hall–Kier alpha value is -2.65. The number of aryl methyl sites for hydroxylation is 1. The van der Waals surface area contributed by atoms with Gasteiger partial charge in [-0.1, -0.05) is 45.4 Å². The highest BCUT2D eigenvalue weighted by Crippen LogP contribution is 2.40. The summed E-state index contributed by atoms with van der Waals surface area (Å²) < 4.78 is 121. The van der Waals surface area contributed by atoms with Crippen molar-refractivity contribution in [3.05, 3.63) is 52.4 Å². The number of carbonyl (C=O) groups excluding carboxylic acids is 1. The molecule has 222 valence electrons. The zero-order valence-corrected chi connectivity index (χ0v) is 22.6. The van der Waals surface area contributed by atoms with Gasteiger partial charge in [0, 0.05) is 0 Å². The first-order chi connectivity index (χ1) is 19.0. The van der Waals surface area contributed by atoms with Crippen molar-refractivity contribution < 1.29 is 44.7 Å². The number of hydrogen-bond acceptors (Lipinski definition) is 2. The van der Waals surface area contributed by atoms with Gasteiger partial charge in [-0.3, -0.25) is 4.79 Å². The molecule has 0 N–H and O–H groups in total. The lowest BCUT2D eigenvalue weighted by molar-refractivity contribution is -0.140. The van der Waals surface area contributed by atoms with Crippen molar-refractivity contribution in [1.82, 2.24) is 0 Å². The summed E-state index contributed by atoms with van der Waals surface area (Å²) in [7, 11) is 0. The Morgan fingerprint density at radius 3 is 1.98 bits per heavy atom. The van der Waals surface area contributed by atoms with Crippen molar-refractivity contribution in [2.24, 2.45) is 11.8 Å². The standard InChI is InChI=1S/C30H34F8O2/c1-3-4-5-6-7-8-17-10-13-18(14-11-17)30(39)40-29-27(37)25(35)22(26(36)28(29)38)21-20(32)15-19(12-9-16(2)31)23(33)24(21)34/h15-18H,3-14H2,1-2H3/t16?,17-,18-. The maximum atomic E-state index is 14.9. The molecule has 2 aromatic carbocycles. The van der Waals surface area contributed by atoms with Gasteiger partial charge in [-0.05, 0) is 63.0 Å². The van der Waals surface area contributed by atoms with E-state index in [1.807, 2.05) is 0 Å². The van der Waals surface area contributed by atoms with Crippen LogP contribution >= 0.6 is 0 Å². The second-order valence-electron chi connectivity index (χ2n) is 10.6. The summed E-state index contributed by atoms with van der Waals surface area (Å²) in [6, 6.07) is 0.389. The van der Waals surface area contributed by atoms with Crippen molar-refractivity contribution in [3.8, 4) is 16.9 Å². The Kier molecular flexibility index (Phi) is 11.4. The molecule has 0 radical (unpaired) electrons. The number of carbonyl (C=O) groups is 1. The average molecular weight is 579 g/mol. The van der Waals surface area contributed by atoms with Crippen LogP contribution < -0.4 is 4.74 Å². The van der Waals surface area contributed by atoms with E-state index in [2.05, 4.69) is 6.92 Å². The smallest absolute Gasteiger partial charge is 0.314 e. The molecule has 1 fully saturated rings. The highest BCUT2D eigenvalue weighted by atomic mass is 19.2. The third-order valence-corrected chi connectivity index (χ3v) is 7.62. The zero-order valence-electron chi connectivity index (χ0n) is 22.6. The first-order valence-corrected chi connectivity index (χ1v) is 13.9. The van der Waals surface area contributed by atoms with Gasteiger partial charge in [0.2, 0.25) is 17.4 Å². The van der Waals surface area contributed by atoms with Gasteiger partial charge in [0.05, 0.1) is 23.2 Å². The fourth-order valence-corrected chi connectivity index (χ4v) is 5.24. The average Bonchev–Trinajstić information content (AvgIpc) is 2.93. The summed E-state index contributed by atoms with van der Waals surface area (Å²) in [6.45, 7) is 3.28. The number of alkyl halides is 1. The number of hydrogen-bond donors (Lipinski definition) is 0. The number of esters is 1. The maximum Gasteiger partial charge on any atom is 0.314 e. The SMILES string of the molecule is CCCCCCC[C@H]1CC[C@H](C(=O)Oc2c(F)c(F)c(-c3c(F)cc(CCC(C)F)c(F)c3F)c(F)c2F)CC1. The minimum Gasteiger partial charge on any atom is -0.420 e. The molecule has 40 heavy (non-hydrogen) atoms. The van der Waals surface area contributed by atoms with Crippen LogP contribution in [-0.2, 0) is 11.2 Å². The van der Waals surface area contributed by atoms with Crippen LogP contribution in [0.1, 0.15) is 90.0 Å². The molecule has 1 aliphatic rings. The third-order valence-electron chi connectivity index (χ3n) is 7.62. The van der Waals surface area contributed by atoms with Gasteiger partial charge in [0.25, 0.3) is 0 Å². The molecule has 0 aromatic heterocycles. The number of halogens is 8. The molecule has 0 saturated heterocycles. The minimum atomic E-state index is -2.25. The predicted octanol–water partition coefficient (Wildman–Crippen LogP) is 9.69. The topological polar surface area (TPSA) is 26.3 Å². The second-order valence-corrected chi connectivity index (χ2v) is 10.6. The summed E-state index contributed by atoms with van der Waals surface area (Å²) in [5.41, 5.74) is -4.11. The van der Waals surface area contributed by atoms with Gasteiger partial charge in [-0.2, -0.15) is 8.78 Å². The normalized spacial score (nSPS) is 18.1. The van der Waals surface area contributed by atoms with Gasteiger partial charge in [-0.15, -0.1) is 0 Å². The van der Waals surface area contributed by atoms with Gasteiger partial charge in [-0.25, -0.2) is 26.3 Å². The number of benzene rings is 2. The highest BCUT2D eigenvalue weighted by Gasteiger charge is 2.35. The van der Waals surface area contributed by atoms with Crippen LogP contribution in [0.2, 0.25) is 0 Å². The van der Waals surface area contributed by atoms with E-state index >= 15 is 0 Å². The van der Waals surface area contributed by atoms with E-state index < -0.39 is 87.6 Å². The van der Waals surface area contributed by atoms with Gasteiger partial charge in [0.1, 0.15) is 5.82 Å². The van der Waals surface area contributed by atoms with Crippen molar-refractivity contribution in [3.63, 3.8) is 0 Å². The molecule has 1 atom stereocenters. The molecule has 1 aliphatic carbocycles. The van der Waals surface area contributed by atoms with E-state index in [4.69, 9.17) is 4.74 Å². The van der Waals surface area contributed by atoms with Crippen LogP contribution in [0.5, 0.6) is 5.75 Å². The van der Waals surface area contributed by atoms with Crippen molar-refractivity contribution in [2.75, 3.05) is 0 Å². The van der Waals surface area contributed by atoms with Crippen LogP contribution in [0, 0.1) is 52.6 Å². The van der Waals surface area contributed by atoms with Gasteiger partial charge in [0.15, 0.2) is 23.3 Å². The molecule has 0 amide bonds. The lowest BCUT2D eigenvalue weighted by atomic mass is 9.80. The van der Waals surface area contributed by atoms with Crippen molar-refractivity contribution in [1.29, 1.82) is 0 Å². The Labute approximate surface area is 229 Å². The van der Waals surface area contributed by atoms with Gasteiger partial charge >= 0.3 is 5.97 Å². The molecule has 0 bridgehead atoms. The zero-order chi connectivity index (χ0) is 29.6. The van der Waals surface area contributed by atoms with E-state index in [-0.39, 0.29) is 6.42 Å². The summed E-state index contributed by atoms with van der Waals surface area (Å²) in [4.78, 5) is 12.6. The molecule has 10 heteroatoms. The second kappa shape index (κ2) is 14.3. The molecule has 0 spiro atoms. The molecule has 0 heterocycles. The van der Waals surface area contributed by atoms with Crippen LogP contribution in [0.3, 0.4) is 0 Å². The minimum absolute atomic E-state index is 0.290. The van der Waals surface area contributed by atoms with E-state index in [1.165, 1.54) is 12.8 Å². The molecule has 2 aromatic rings. The van der Waals surface area contributed by atoms with Crippen molar-refractivity contribution >= 4 is 5.97 Å². The van der Waals surface area contributed by atoms with Gasteiger partial charge < -0.3 is 4.74 Å². The predicted molar refractivity (Wildman–Crippen MR) is 135 cm³/mol. The fourth-order valence-electron chi connectivity index (χ4n) is 5.24. The Bertz CT molecular complexity index is 1160. The monoisotopic (exact) mass is 578 g/mol. The largest absolute Gasteiger partial charge is 0.420 e. The Morgan fingerprint density at radius 2 is 1.40 bits per heavy atom. The molecular weight excluding hydrogens is 544 g/mol. The van der Waals surface area contributed by atoms with E-state index in [0.29, 0.717) is 37.7 Å². The lowest BCUT2D eigenvalue weighted by Gasteiger charge is -2.27. The first kappa shape index (κ1) is 31.9. The van der Waals surface area contributed by atoms with Crippen LogP contribution in [0.4, 0.5) is 35.1 Å². The lowest BCUT2D eigenvalue weighted by Crippen LogP contribution is -2.26. The Morgan fingerprint density at radius 1 is 0.825 bits per heavy atom. The molecule has 2 nitrogen and oxygen atoms in total. The first-order valence-electron chi connectivity index (χ1n) is 13.9. The van der Waals surface area contributed by atoms with Crippen LogP contribution in [-0.4, -0.2) is 12.1 Å². The third kappa shape index (κ3) is 7.35. The molecule has 0 aliphatic heterocycles. The number of rotatable bonds is 12.